The van der Waals surface area contributed by atoms with Crippen molar-refractivity contribution in [2.45, 2.75) is 234 Å². The molecule has 0 spiro atoms. The van der Waals surface area contributed by atoms with Gasteiger partial charge < -0.3 is 16.0 Å². The first-order valence-electron chi connectivity index (χ1n) is 23.2. The summed E-state index contributed by atoms with van der Waals surface area (Å²) in [5.74, 6) is 4.67. The predicted molar refractivity (Wildman–Crippen MR) is 221 cm³/mol. The summed E-state index contributed by atoms with van der Waals surface area (Å²) in [5, 5.41) is 9.56. The van der Waals surface area contributed by atoms with Crippen LogP contribution in [0.2, 0.25) is 0 Å². The van der Waals surface area contributed by atoms with Crippen molar-refractivity contribution in [3.63, 3.8) is 0 Å². The number of rotatable bonds is 24. The molecule has 0 amide bonds. The molecular formula is C48H85NaO5. The zero-order valence-electron chi connectivity index (χ0n) is 37.7. The largest absolute Gasteiger partial charge is 1.00 e. The number of aliphatic hydroxyl groups is 1. The summed E-state index contributed by atoms with van der Waals surface area (Å²) in [7, 11) is 0. The minimum Gasteiger partial charge on any atom is -1.00 e. The van der Waals surface area contributed by atoms with Gasteiger partial charge in [0.05, 0.1) is 0 Å². The zero-order valence-corrected chi connectivity index (χ0v) is 38.7. The second-order valence-electron chi connectivity index (χ2n) is 19.6. The van der Waals surface area contributed by atoms with E-state index in [1.807, 2.05) is 0 Å². The molecule has 2 unspecified atom stereocenters. The Labute approximate surface area is 356 Å². The molecule has 1 N–H and O–H groups in total. The third-order valence-electron chi connectivity index (χ3n) is 15.2. The second kappa shape index (κ2) is 23.9. The Balaban J connectivity index is 0.00000523. The average molecular weight is 765 g/mol. The number of allylic oxidation sites excluding steroid dienone is 1. The number of carbonyl (C=O) groups excluding carboxylic acids is 2. The average Bonchev–Trinajstić information content (AvgIpc) is 3.48. The van der Waals surface area contributed by atoms with Gasteiger partial charge in [0.1, 0.15) is 18.3 Å². The van der Waals surface area contributed by atoms with Crippen LogP contribution in [0.15, 0.2) is 11.6 Å². The molecule has 0 aromatic carbocycles. The summed E-state index contributed by atoms with van der Waals surface area (Å²) in [5.41, 5.74) is 2.45. The Kier molecular flexibility index (Phi) is 21.2. The molecule has 0 bridgehead atoms. The summed E-state index contributed by atoms with van der Waals surface area (Å²) >= 11 is 0. The van der Waals surface area contributed by atoms with Gasteiger partial charge in [-0.2, -0.15) is 0 Å². The second-order valence-corrected chi connectivity index (χ2v) is 19.6. The fourth-order valence-corrected chi connectivity index (χ4v) is 12.0. The molecule has 0 radical (unpaired) electrons. The third-order valence-corrected chi connectivity index (χ3v) is 15.2. The van der Waals surface area contributed by atoms with Gasteiger partial charge in [-0.15, -0.1) is 0 Å². The third kappa shape index (κ3) is 13.6. The van der Waals surface area contributed by atoms with Gasteiger partial charge in [-0.05, 0) is 130 Å². The van der Waals surface area contributed by atoms with E-state index in [1.54, 1.807) is 5.57 Å². The van der Waals surface area contributed by atoms with Crippen LogP contribution >= 0.6 is 0 Å². The smallest absolute Gasteiger partial charge is 1.00 e. The van der Waals surface area contributed by atoms with Gasteiger partial charge in [0.15, 0.2) is 0 Å². The Hall–Kier alpha value is -0.360. The van der Waals surface area contributed by atoms with Gasteiger partial charge in [0.2, 0.25) is 0 Å². The Morgan fingerprint density at radius 3 is 2.09 bits per heavy atom. The maximum Gasteiger partial charge on any atom is 1.00 e. The standard InChI is InChI=1S/C48H84O5.Na.H/c1-8-9-10-17-23-39(53-46(51)37(5)49)24-18-15-13-11-12-14-16-19-25-45(50)52-40-30-32-47(6)38(34-40)26-27-41-43-29-28-42(36(4)22-20-21-35(2)3)48(43,7)33-31-44(41)47;;/h26,35-37,39-44,49H,8-25,27-34H2,1-7H3;;/q;+1;-1/t36-,37?,39?,40+,41+,42-,43+,44+,47+,48-;;/m1../s1. The van der Waals surface area contributed by atoms with Crippen molar-refractivity contribution in [3.8, 4) is 0 Å². The molecule has 4 rings (SSSR count). The van der Waals surface area contributed by atoms with Crippen molar-refractivity contribution in [2.75, 3.05) is 0 Å². The summed E-state index contributed by atoms with van der Waals surface area (Å²) in [6.07, 6.45) is 32.0. The van der Waals surface area contributed by atoms with Gasteiger partial charge in [0, 0.05) is 12.8 Å². The van der Waals surface area contributed by atoms with Crippen molar-refractivity contribution < 1.29 is 55.2 Å². The van der Waals surface area contributed by atoms with E-state index in [0.29, 0.717) is 17.3 Å². The number of esters is 2. The molecule has 10 atom stereocenters. The van der Waals surface area contributed by atoms with E-state index in [2.05, 4.69) is 47.6 Å². The Morgan fingerprint density at radius 2 is 1.44 bits per heavy atom. The van der Waals surface area contributed by atoms with Crippen LogP contribution in [0.3, 0.4) is 0 Å². The minimum absolute atomic E-state index is 0. The maximum atomic E-state index is 12.9. The van der Waals surface area contributed by atoms with Crippen molar-refractivity contribution in [1.82, 2.24) is 0 Å². The van der Waals surface area contributed by atoms with Gasteiger partial charge in [-0.3, -0.25) is 4.79 Å². The zero-order chi connectivity index (χ0) is 38.4. The topological polar surface area (TPSA) is 72.8 Å². The molecule has 3 saturated carbocycles. The SMILES string of the molecule is CCCCCCC(CCCCCCCCCCC(=O)O[C@H]1CC[C@@]2(C)C(=CC[C@H]3[C@@H]4CC[C@H]([C@H](C)CCCC(C)C)[C@@]4(C)CC[C@@H]32)C1)OC(=O)C(C)O.[H-].[Na+]. The van der Waals surface area contributed by atoms with E-state index in [9.17, 15) is 14.7 Å². The molecule has 54 heavy (non-hydrogen) atoms. The fourth-order valence-electron chi connectivity index (χ4n) is 12.0. The van der Waals surface area contributed by atoms with Crippen LogP contribution in [0.4, 0.5) is 0 Å². The van der Waals surface area contributed by atoms with Crippen LogP contribution in [-0.4, -0.2) is 35.4 Å². The minimum atomic E-state index is -1.05. The first-order valence-corrected chi connectivity index (χ1v) is 23.2. The summed E-state index contributed by atoms with van der Waals surface area (Å²) < 4.78 is 11.7. The molecule has 0 aromatic rings. The quantitative estimate of drug-likeness (QED) is 0.0459. The van der Waals surface area contributed by atoms with Gasteiger partial charge in [-0.25, -0.2) is 4.79 Å². The van der Waals surface area contributed by atoms with E-state index in [4.69, 9.17) is 9.47 Å². The van der Waals surface area contributed by atoms with Crippen molar-refractivity contribution >= 4 is 11.9 Å². The molecule has 6 heteroatoms. The first kappa shape index (κ1) is 48.0. The maximum absolute atomic E-state index is 12.9. The molecule has 308 valence electrons. The number of aliphatic hydroxyl groups excluding tert-OH is 1. The molecule has 4 aliphatic rings. The van der Waals surface area contributed by atoms with Crippen molar-refractivity contribution in [1.29, 1.82) is 0 Å². The van der Waals surface area contributed by atoms with Gasteiger partial charge in [0.25, 0.3) is 0 Å². The number of hydrogen-bond donors (Lipinski definition) is 1. The van der Waals surface area contributed by atoms with Crippen molar-refractivity contribution in [3.05, 3.63) is 11.6 Å². The fraction of sp³-hybridized carbons (Fsp3) is 0.917. The van der Waals surface area contributed by atoms with Crippen LogP contribution < -0.4 is 29.6 Å². The number of ether oxygens (including phenoxy) is 2. The summed E-state index contributed by atoms with van der Waals surface area (Å²) in [6.45, 7) is 16.3. The molecular weight excluding hydrogens is 680 g/mol. The van der Waals surface area contributed by atoms with Crippen LogP contribution in [0.5, 0.6) is 0 Å². The predicted octanol–water partition coefficient (Wildman–Crippen LogP) is 10.2. The van der Waals surface area contributed by atoms with E-state index in [-0.39, 0.29) is 49.2 Å². The molecule has 0 aliphatic heterocycles. The van der Waals surface area contributed by atoms with Crippen LogP contribution in [0.25, 0.3) is 0 Å². The number of hydrogen-bond acceptors (Lipinski definition) is 5. The Morgan fingerprint density at radius 1 is 0.796 bits per heavy atom. The van der Waals surface area contributed by atoms with E-state index >= 15 is 0 Å². The van der Waals surface area contributed by atoms with E-state index in [1.165, 1.54) is 110 Å². The summed E-state index contributed by atoms with van der Waals surface area (Å²) in [4.78, 5) is 24.8. The van der Waals surface area contributed by atoms with Gasteiger partial charge in [-0.1, -0.05) is 130 Å². The first-order chi connectivity index (χ1) is 25.4. The van der Waals surface area contributed by atoms with E-state index < -0.39 is 12.1 Å². The van der Waals surface area contributed by atoms with E-state index in [0.717, 1.165) is 93.3 Å². The molecule has 0 aromatic heterocycles. The normalized spacial score (nSPS) is 30.6. The molecule has 5 nitrogen and oxygen atoms in total. The Bertz CT molecular complexity index is 1140. The number of unbranched alkanes of at least 4 members (excludes halogenated alkanes) is 10. The molecule has 4 aliphatic carbocycles. The van der Waals surface area contributed by atoms with Gasteiger partial charge >= 0.3 is 41.5 Å². The molecule has 0 saturated heterocycles. The van der Waals surface area contributed by atoms with Crippen LogP contribution in [0.1, 0.15) is 217 Å². The van der Waals surface area contributed by atoms with Crippen LogP contribution in [0, 0.1) is 46.3 Å². The molecule has 0 heterocycles. The monoisotopic (exact) mass is 765 g/mol. The number of carbonyl (C=O) groups is 2. The molecule has 3 fully saturated rings. The number of fused-ring (bicyclic) bond motifs is 5. The summed E-state index contributed by atoms with van der Waals surface area (Å²) in [6, 6.07) is 0. The van der Waals surface area contributed by atoms with Crippen molar-refractivity contribution in [2.24, 2.45) is 46.3 Å². The van der Waals surface area contributed by atoms with Crippen LogP contribution in [-0.2, 0) is 19.1 Å².